The summed E-state index contributed by atoms with van der Waals surface area (Å²) in [6, 6.07) is 7.49. The topological polar surface area (TPSA) is 60.8 Å². The number of benzene rings is 1. The van der Waals surface area contributed by atoms with Crippen molar-refractivity contribution in [2.45, 2.75) is 32.0 Å². The maximum atomic E-state index is 12.1. The molecule has 1 amide bonds. The summed E-state index contributed by atoms with van der Waals surface area (Å²) in [5, 5.41) is 18.9. The van der Waals surface area contributed by atoms with Gasteiger partial charge in [-0.25, -0.2) is 0 Å². The first-order chi connectivity index (χ1) is 8.49. The van der Waals surface area contributed by atoms with Crippen LogP contribution in [0.25, 0.3) is 0 Å². The average molecular weight is 249 g/mol. The Hall–Kier alpha value is -1.39. The fourth-order valence-electron chi connectivity index (χ4n) is 2.13. The summed E-state index contributed by atoms with van der Waals surface area (Å²) in [4.78, 5) is 13.6. The normalized spacial score (nSPS) is 23.7. The zero-order valence-corrected chi connectivity index (χ0v) is 10.7. The Morgan fingerprint density at radius 1 is 1.17 bits per heavy atom. The summed E-state index contributed by atoms with van der Waals surface area (Å²) in [7, 11) is 0. The molecule has 2 unspecified atom stereocenters. The van der Waals surface area contributed by atoms with E-state index in [1.165, 1.54) is 10.5 Å². The smallest absolute Gasteiger partial charge is 0.254 e. The first-order valence-electron chi connectivity index (χ1n) is 6.24. The molecule has 0 aliphatic carbocycles. The van der Waals surface area contributed by atoms with Crippen molar-refractivity contribution in [1.29, 1.82) is 0 Å². The van der Waals surface area contributed by atoms with Gasteiger partial charge in [-0.05, 0) is 23.6 Å². The Kier molecular flexibility index (Phi) is 3.68. The number of carbonyl (C=O) groups is 1. The quantitative estimate of drug-likeness (QED) is 0.821. The monoisotopic (exact) mass is 249 g/mol. The molecular formula is C14H19NO3. The number of hydrogen-bond acceptors (Lipinski definition) is 3. The van der Waals surface area contributed by atoms with Gasteiger partial charge >= 0.3 is 0 Å². The number of β-amino-alcohol motifs (C(OH)–C–C–N with tert-alkyl or cyclic N) is 2. The molecule has 2 N–H and O–H groups in total. The minimum absolute atomic E-state index is 0.138. The lowest BCUT2D eigenvalue weighted by atomic mass is 10.0. The number of nitrogens with zero attached hydrogens (tertiary/aromatic N) is 1. The first kappa shape index (κ1) is 13.1. The van der Waals surface area contributed by atoms with E-state index in [1.54, 1.807) is 12.1 Å². The zero-order valence-electron chi connectivity index (χ0n) is 10.7. The number of carbonyl (C=O) groups excluding carboxylic acids is 1. The van der Waals surface area contributed by atoms with Gasteiger partial charge in [0.2, 0.25) is 0 Å². The van der Waals surface area contributed by atoms with Gasteiger partial charge in [-0.3, -0.25) is 4.79 Å². The predicted molar refractivity (Wildman–Crippen MR) is 68.4 cm³/mol. The molecule has 0 aromatic heterocycles. The number of hydrogen-bond donors (Lipinski definition) is 2. The van der Waals surface area contributed by atoms with Crippen LogP contribution in [0.1, 0.15) is 35.7 Å². The molecule has 98 valence electrons. The lowest BCUT2D eigenvalue weighted by Gasteiger charge is -2.15. The highest BCUT2D eigenvalue weighted by molar-refractivity contribution is 5.94. The molecule has 4 nitrogen and oxygen atoms in total. The molecule has 2 rings (SSSR count). The molecule has 0 radical (unpaired) electrons. The highest BCUT2D eigenvalue weighted by Crippen LogP contribution is 2.18. The molecule has 0 spiro atoms. The lowest BCUT2D eigenvalue weighted by molar-refractivity contribution is 0.0572. The molecule has 1 aromatic carbocycles. The molecule has 2 atom stereocenters. The number of aliphatic hydroxyl groups is 2. The van der Waals surface area contributed by atoms with Crippen molar-refractivity contribution in [3.63, 3.8) is 0 Å². The highest BCUT2D eigenvalue weighted by atomic mass is 16.3. The Labute approximate surface area is 107 Å². The van der Waals surface area contributed by atoms with E-state index in [0.717, 1.165) is 0 Å². The molecule has 1 aliphatic rings. The Balaban J connectivity index is 2.10. The molecule has 4 heteroatoms. The van der Waals surface area contributed by atoms with Crippen LogP contribution >= 0.6 is 0 Å². The standard InChI is InChI=1S/C14H19NO3/c1-9(2)10-3-5-11(6-4-10)14(18)15-7-12(16)13(17)8-15/h3-6,9,12-13,16-17H,7-8H2,1-2H3. The van der Waals surface area contributed by atoms with Crippen LogP contribution in [0.15, 0.2) is 24.3 Å². The van der Waals surface area contributed by atoms with E-state index < -0.39 is 12.2 Å². The van der Waals surface area contributed by atoms with Crippen molar-refractivity contribution in [3.05, 3.63) is 35.4 Å². The maximum Gasteiger partial charge on any atom is 0.254 e. The third-order valence-corrected chi connectivity index (χ3v) is 3.37. The van der Waals surface area contributed by atoms with Gasteiger partial charge in [0.05, 0.1) is 12.2 Å². The molecule has 1 heterocycles. The van der Waals surface area contributed by atoms with Gasteiger partial charge in [0.25, 0.3) is 5.91 Å². The Morgan fingerprint density at radius 2 is 1.67 bits per heavy atom. The molecule has 0 saturated carbocycles. The van der Waals surface area contributed by atoms with Crippen molar-refractivity contribution < 1.29 is 15.0 Å². The average Bonchev–Trinajstić information content (AvgIpc) is 2.69. The summed E-state index contributed by atoms with van der Waals surface area (Å²) >= 11 is 0. The van der Waals surface area contributed by atoms with Crippen LogP contribution in [0, 0.1) is 0 Å². The predicted octanol–water partition coefficient (Wildman–Crippen LogP) is 0.988. The van der Waals surface area contributed by atoms with Crippen LogP contribution in [0.5, 0.6) is 0 Å². The van der Waals surface area contributed by atoms with Crippen LogP contribution in [-0.4, -0.2) is 46.3 Å². The van der Waals surface area contributed by atoms with Crippen LogP contribution in [0.3, 0.4) is 0 Å². The Bertz CT molecular complexity index is 417. The minimum Gasteiger partial charge on any atom is -0.388 e. The van der Waals surface area contributed by atoms with Gasteiger partial charge in [-0.2, -0.15) is 0 Å². The van der Waals surface area contributed by atoms with Crippen molar-refractivity contribution in [2.75, 3.05) is 13.1 Å². The van der Waals surface area contributed by atoms with E-state index >= 15 is 0 Å². The van der Waals surface area contributed by atoms with Gasteiger partial charge < -0.3 is 15.1 Å². The number of likely N-dealkylation sites (tertiary alicyclic amines) is 1. The van der Waals surface area contributed by atoms with E-state index in [9.17, 15) is 15.0 Å². The molecule has 1 aliphatic heterocycles. The maximum absolute atomic E-state index is 12.1. The minimum atomic E-state index is -0.830. The number of aliphatic hydroxyl groups excluding tert-OH is 2. The van der Waals surface area contributed by atoms with E-state index in [0.29, 0.717) is 11.5 Å². The van der Waals surface area contributed by atoms with Crippen LogP contribution < -0.4 is 0 Å². The van der Waals surface area contributed by atoms with Crippen molar-refractivity contribution >= 4 is 5.91 Å². The SMILES string of the molecule is CC(C)c1ccc(C(=O)N2CC(O)C(O)C2)cc1. The van der Waals surface area contributed by atoms with E-state index in [4.69, 9.17) is 0 Å². The molecule has 1 saturated heterocycles. The van der Waals surface area contributed by atoms with Crippen molar-refractivity contribution in [2.24, 2.45) is 0 Å². The van der Waals surface area contributed by atoms with Gasteiger partial charge in [-0.15, -0.1) is 0 Å². The van der Waals surface area contributed by atoms with Crippen LogP contribution in [0.4, 0.5) is 0 Å². The second-order valence-corrected chi connectivity index (χ2v) is 5.12. The molecular weight excluding hydrogens is 230 g/mol. The van der Waals surface area contributed by atoms with Gasteiger partial charge in [-0.1, -0.05) is 26.0 Å². The second kappa shape index (κ2) is 5.08. The summed E-state index contributed by atoms with van der Waals surface area (Å²) in [6.07, 6.45) is -1.66. The second-order valence-electron chi connectivity index (χ2n) is 5.12. The van der Waals surface area contributed by atoms with Gasteiger partial charge in [0, 0.05) is 18.7 Å². The number of amides is 1. The van der Waals surface area contributed by atoms with Crippen molar-refractivity contribution in [3.8, 4) is 0 Å². The zero-order chi connectivity index (χ0) is 13.3. The highest BCUT2D eigenvalue weighted by Gasteiger charge is 2.32. The van der Waals surface area contributed by atoms with Gasteiger partial charge in [0.1, 0.15) is 0 Å². The molecule has 1 aromatic rings. The third-order valence-electron chi connectivity index (χ3n) is 3.37. The molecule has 0 bridgehead atoms. The molecule has 1 fully saturated rings. The summed E-state index contributed by atoms with van der Waals surface area (Å²) in [5.74, 6) is 0.297. The fraction of sp³-hybridized carbons (Fsp3) is 0.500. The van der Waals surface area contributed by atoms with Crippen LogP contribution in [-0.2, 0) is 0 Å². The number of rotatable bonds is 2. The third kappa shape index (κ3) is 2.54. The van der Waals surface area contributed by atoms with Crippen molar-refractivity contribution in [1.82, 2.24) is 4.90 Å². The Morgan fingerprint density at radius 3 is 2.11 bits per heavy atom. The largest absolute Gasteiger partial charge is 0.388 e. The lowest BCUT2D eigenvalue weighted by Crippen LogP contribution is -2.29. The summed E-state index contributed by atoms with van der Waals surface area (Å²) in [5.41, 5.74) is 1.79. The van der Waals surface area contributed by atoms with E-state index in [1.807, 2.05) is 12.1 Å². The fourth-order valence-corrected chi connectivity index (χ4v) is 2.13. The van der Waals surface area contributed by atoms with E-state index in [2.05, 4.69) is 13.8 Å². The summed E-state index contributed by atoms with van der Waals surface area (Å²) < 4.78 is 0. The van der Waals surface area contributed by atoms with E-state index in [-0.39, 0.29) is 19.0 Å². The summed E-state index contributed by atoms with van der Waals surface area (Å²) in [6.45, 7) is 4.60. The first-order valence-corrected chi connectivity index (χ1v) is 6.24. The molecule has 18 heavy (non-hydrogen) atoms. The van der Waals surface area contributed by atoms with Gasteiger partial charge in [0.15, 0.2) is 0 Å². The van der Waals surface area contributed by atoms with Crippen LogP contribution in [0.2, 0.25) is 0 Å².